The molecule has 1 N–H and O–H groups in total. The molecular weight excluding hydrogens is 383 g/mol. The summed E-state index contributed by atoms with van der Waals surface area (Å²) in [5.41, 5.74) is 0.799. The van der Waals surface area contributed by atoms with Gasteiger partial charge >= 0.3 is 6.18 Å². The standard InChI is InChI=1S/C18H17ClF3N3S/c19-14-4-6-15(7-5-14)23-17(26)25-10-8-24(9-11-25)16-3-1-2-13(12-16)18(20,21)22/h1-7,12H,8-11H2,(H,23,26). The average Bonchev–Trinajstić information content (AvgIpc) is 2.63. The first-order valence-corrected chi connectivity index (χ1v) is 8.85. The summed E-state index contributed by atoms with van der Waals surface area (Å²) < 4.78 is 38.6. The molecule has 0 amide bonds. The van der Waals surface area contributed by atoms with Gasteiger partial charge in [-0.25, -0.2) is 0 Å². The van der Waals surface area contributed by atoms with Crippen molar-refractivity contribution in [2.24, 2.45) is 0 Å². The third-order valence-corrected chi connectivity index (χ3v) is 4.81. The Morgan fingerprint density at radius 2 is 1.65 bits per heavy atom. The Bertz CT molecular complexity index is 772. The molecule has 2 aromatic carbocycles. The van der Waals surface area contributed by atoms with E-state index in [1.165, 1.54) is 12.1 Å². The van der Waals surface area contributed by atoms with Gasteiger partial charge < -0.3 is 15.1 Å². The monoisotopic (exact) mass is 399 g/mol. The van der Waals surface area contributed by atoms with Crippen molar-refractivity contribution in [2.45, 2.75) is 6.18 Å². The molecule has 1 saturated heterocycles. The molecule has 0 atom stereocenters. The molecule has 0 unspecified atom stereocenters. The number of benzene rings is 2. The van der Waals surface area contributed by atoms with Crippen LogP contribution >= 0.6 is 23.8 Å². The molecule has 0 saturated carbocycles. The summed E-state index contributed by atoms with van der Waals surface area (Å²) in [7, 11) is 0. The minimum absolute atomic E-state index is 0.580. The third-order valence-electron chi connectivity index (χ3n) is 4.20. The highest BCUT2D eigenvalue weighted by molar-refractivity contribution is 7.80. The zero-order valence-electron chi connectivity index (χ0n) is 13.8. The maximum absolute atomic E-state index is 12.9. The summed E-state index contributed by atoms with van der Waals surface area (Å²) in [6, 6.07) is 12.7. The lowest BCUT2D eigenvalue weighted by Gasteiger charge is -2.37. The molecule has 1 aliphatic rings. The maximum Gasteiger partial charge on any atom is 0.416 e. The lowest BCUT2D eigenvalue weighted by Crippen LogP contribution is -2.50. The molecule has 1 fully saturated rings. The van der Waals surface area contributed by atoms with Gasteiger partial charge in [-0.2, -0.15) is 13.2 Å². The first-order chi connectivity index (χ1) is 12.3. The molecule has 8 heteroatoms. The van der Waals surface area contributed by atoms with E-state index in [2.05, 4.69) is 5.32 Å². The topological polar surface area (TPSA) is 18.5 Å². The number of nitrogens with one attached hydrogen (secondary N) is 1. The Balaban J connectivity index is 1.59. The van der Waals surface area contributed by atoms with Crippen molar-refractivity contribution in [1.82, 2.24) is 4.90 Å². The van der Waals surface area contributed by atoms with Gasteiger partial charge in [-0.15, -0.1) is 0 Å². The van der Waals surface area contributed by atoms with E-state index in [1.807, 2.05) is 21.9 Å². The van der Waals surface area contributed by atoms with Gasteiger partial charge in [0.05, 0.1) is 5.56 Å². The highest BCUT2D eigenvalue weighted by Crippen LogP contribution is 2.31. The van der Waals surface area contributed by atoms with Crippen molar-refractivity contribution in [3.05, 3.63) is 59.1 Å². The number of hydrogen-bond acceptors (Lipinski definition) is 2. The molecule has 3 rings (SSSR count). The van der Waals surface area contributed by atoms with Crippen LogP contribution in [0.5, 0.6) is 0 Å². The largest absolute Gasteiger partial charge is 0.416 e. The number of halogens is 4. The van der Waals surface area contributed by atoms with E-state index in [1.54, 1.807) is 18.2 Å². The van der Waals surface area contributed by atoms with Crippen LogP contribution in [-0.2, 0) is 6.18 Å². The van der Waals surface area contributed by atoms with E-state index in [0.29, 0.717) is 42.0 Å². The van der Waals surface area contributed by atoms with Gasteiger partial charge in [-0.1, -0.05) is 17.7 Å². The van der Waals surface area contributed by atoms with Crippen molar-refractivity contribution in [3.63, 3.8) is 0 Å². The second-order valence-corrected chi connectivity index (χ2v) is 6.78. The van der Waals surface area contributed by atoms with E-state index < -0.39 is 11.7 Å². The predicted molar refractivity (Wildman–Crippen MR) is 103 cm³/mol. The Hall–Kier alpha value is -1.99. The molecule has 1 aliphatic heterocycles. The molecule has 2 aromatic rings. The van der Waals surface area contributed by atoms with Crippen LogP contribution in [0, 0.1) is 0 Å². The lowest BCUT2D eigenvalue weighted by molar-refractivity contribution is -0.137. The van der Waals surface area contributed by atoms with Crippen LogP contribution in [0.3, 0.4) is 0 Å². The van der Waals surface area contributed by atoms with Crippen LogP contribution in [0.2, 0.25) is 5.02 Å². The number of piperazine rings is 1. The lowest BCUT2D eigenvalue weighted by atomic mass is 10.1. The summed E-state index contributed by atoms with van der Waals surface area (Å²) in [5.74, 6) is 0. The fourth-order valence-electron chi connectivity index (χ4n) is 2.78. The molecule has 138 valence electrons. The van der Waals surface area contributed by atoms with Gasteiger partial charge in [0, 0.05) is 42.6 Å². The highest BCUT2D eigenvalue weighted by atomic mass is 35.5. The average molecular weight is 400 g/mol. The summed E-state index contributed by atoms with van der Waals surface area (Å²) in [5, 5.41) is 4.40. The second-order valence-electron chi connectivity index (χ2n) is 5.96. The smallest absolute Gasteiger partial charge is 0.368 e. The van der Waals surface area contributed by atoms with E-state index >= 15 is 0 Å². The van der Waals surface area contributed by atoms with Crippen LogP contribution in [0.4, 0.5) is 24.5 Å². The Kier molecular flexibility index (Phi) is 5.58. The molecular formula is C18H17ClF3N3S. The third kappa shape index (κ3) is 4.59. The van der Waals surface area contributed by atoms with Crippen molar-refractivity contribution >= 4 is 40.3 Å². The number of alkyl halides is 3. The van der Waals surface area contributed by atoms with E-state index in [9.17, 15) is 13.2 Å². The van der Waals surface area contributed by atoms with Crippen molar-refractivity contribution < 1.29 is 13.2 Å². The van der Waals surface area contributed by atoms with E-state index in [-0.39, 0.29) is 0 Å². The predicted octanol–water partition coefficient (Wildman–Crippen LogP) is 4.88. The van der Waals surface area contributed by atoms with Crippen molar-refractivity contribution in [2.75, 3.05) is 36.4 Å². The van der Waals surface area contributed by atoms with Crippen LogP contribution in [0.25, 0.3) is 0 Å². The number of rotatable bonds is 2. The second kappa shape index (κ2) is 7.72. The number of anilines is 2. The first-order valence-electron chi connectivity index (χ1n) is 8.06. The number of thiocarbonyl (C=S) groups is 1. The molecule has 1 heterocycles. The summed E-state index contributed by atoms with van der Waals surface area (Å²) in [4.78, 5) is 3.95. The fraction of sp³-hybridized carbons (Fsp3) is 0.278. The Labute approximate surface area is 160 Å². The Morgan fingerprint density at radius 3 is 2.27 bits per heavy atom. The minimum Gasteiger partial charge on any atom is -0.368 e. The quantitative estimate of drug-likeness (QED) is 0.725. The summed E-state index contributed by atoms with van der Waals surface area (Å²) in [6.45, 7) is 2.47. The molecule has 0 bridgehead atoms. The zero-order chi connectivity index (χ0) is 18.7. The molecule has 3 nitrogen and oxygen atoms in total. The summed E-state index contributed by atoms with van der Waals surface area (Å²) in [6.07, 6.45) is -4.33. The van der Waals surface area contributed by atoms with Crippen molar-refractivity contribution in [3.8, 4) is 0 Å². The van der Waals surface area contributed by atoms with Crippen molar-refractivity contribution in [1.29, 1.82) is 0 Å². The normalized spacial score (nSPS) is 15.1. The molecule has 0 aliphatic carbocycles. The van der Waals surface area contributed by atoms with Gasteiger partial charge in [0.25, 0.3) is 0 Å². The molecule has 26 heavy (non-hydrogen) atoms. The van der Waals surface area contributed by atoms with Gasteiger partial charge in [-0.3, -0.25) is 0 Å². The van der Waals surface area contributed by atoms with Gasteiger partial charge in [-0.05, 0) is 54.7 Å². The van der Waals surface area contributed by atoms with Gasteiger partial charge in [0.1, 0.15) is 0 Å². The zero-order valence-corrected chi connectivity index (χ0v) is 15.3. The number of nitrogens with zero attached hydrogens (tertiary/aromatic N) is 2. The molecule has 0 radical (unpaired) electrons. The highest BCUT2D eigenvalue weighted by Gasteiger charge is 2.31. The van der Waals surface area contributed by atoms with Gasteiger partial charge in [0.2, 0.25) is 0 Å². The maximum atomic E-state index is 12.9. The molecule has 0 aromatic heterocycles. The van der Waals surface area contributed by atoms with Crippen LogP contribution < -0.4 is 10.2 Å². The van der Waals surface area contributed by atoms with Gasteiger partial charge in [0.15, 0.2) is 5.11 Å². The minimum atomic E-state index is -4.33. The van der Waals surface area contributed by atoms with Crippen LogP contribution in [0.15, 0.2) is 48.5 Å². The number of hydrogen-bond donors (Lipinski definition) is 1. The van der Waals surface area contributed by atoms with E-state index in [4.69, 9.17) is 23.8 Å². The van der Waals surface area contributed by atoms with Crippen LogP contribution in [0.1, 0.15) is 5.56 Å². The SMILES string of the molecule is FC(F)(F)c1cccc(N2CCN(C(=S)Nc3ccc(Cl)cc3)CC2)c1. The first kappa shape index (κ1) is 18.8. The van der Waals surface area contributed by atoms with Crippen LogP contribution in [-0.4, -0.2) is 36.2 Å². The molecule has 0 spiro atoms. The Morgan fingerprint density at radius 1 is 1.00 bits per heavy atom. The fourth-order valence-corrected chi connectivity index (χ4v) is 3.21. The summed E-state index contributed by atoms with van der Waals surface area (Å²) >= 11 is 11.3. The van der Waals surface area contributed by atoms with E-state index in [0.717, 1.165) is 11.8 Å².